The maximum absolute atomic E-state index is 12.4. The summed E-state index contributed by atoms with van der Waals surface area (Å²) in [4.78, 5) is 11.9. The number of carboxylic acid groups (broad SMARTS) is 1. The van der Waals surface area contributed by atoms with Crippen LogP contribution in [-0.2, 0) is 10.0 Å². The first-order valence-corrected chi connectivity index (χ1v) is 9.04. The van der Waals surface area contributed by atoms with Gasteiger partial charge in [-0.25, -0.2) is 17.9 Å². The highest BCUT2D eigenvalue weighted by molar-refractivity contribution is 7.89. The van der Waals surface area contributed by atoms with E-state index in [-0.39, 0.29) is 11.5 Å². The van der Waals surface area contributed by atoms with Crippen LogP contribution in [0.3, 0.4) is 0 Å². The third-order valence-corrected chi connectivity index (χ3v) is 5.38. The summed E-state index contributed by atoms with van der Waals surface area (Å²) in [5, 5.41) is 10.3. The molecule has 0 aromatic carbocycles. The molecule has 2 rings (SSSR count). The van der Waals surface area contributed by atoms with Crippen LogP contribution in [0, 0.1) is 5.92 Å². The molecule has 0 spiro atoms. The van der Waals surface area contributed by atoms with Crippen molar-refractivity contribution in [1.82, 2.24) is 4.72 Å². The van der Waals surface area contributed by atoms with E-state index < -0.39 is 27.1 Å². The quantitative estimate of drug-likeness (QED) is 0.805. The summed E-state index contributed by atoms with van der Waals surface area (Å²) in [7, 11) is -4.05. The molecule has 0 amide bonds. The fourth-order valence-corrected chi connectivity index (χ4v) is 4.28. The van der Waals surface area contributed by atoms with Gasteiger partial charge in [-0.05, 0) is 29.9 Å². The molecule has 1 unspecified atom stereocenters. The standard InChI is InChI=1S/C14H17NO5S2/c1-9(2)8-11(12-4-3-7-21-12)15-22(18,19)14-10(13(16)17)5-6-20-14/h3-7,9,11,15H,8H2,1-2H3,(H,16,17). The smallest absolute Gasteiger partial charge is 0.340 e. The maximum Gasteiger partial charge on any atom is 0.340 e. The van der Waals surface area contributed by atoms with Crippen LogP contribution in [0.15, 0.2) is 39.4 Å². The Morgan fingerprint density at radius 1 is 1.41 bits per heavy atom. The predicted octanol–water partition coefficient (Wildman–Crippen LogP) is 3.11. The third-order valence-electron chi connectivity index (χ3n) is 3.00. The highest BCUT2D eigenvalue weighted by Crippen LogP contribution is 2.28. The van der Waals surface area contributed by atoms with E-state index in [0.29, 0.717) is 6.42 Å². The lowest BCUT2D eigenvalue weighted by Gasteiger charge is -2.18. The second-order valence-electron chi connectivity index (χ2n) is 5.25. The summed E-state index contributed by atoms with van der Waals surface area (Å²) >= 11 is 1.45. The molecular weight excluding hydrogens is 326 g/mol. The average Bonchev–Trinajstić information content (AvgIpc) is 3.09. The van der Waals surface area contributed by atoms with Gasteiger partial charge in [0, 0.05) is 4.88 Å². The van der Waals surface area contributed by atoms with E-state index in [4.69, 9.17) is 9.52 Å². The molecule has 0 saturated heterocycles. The van der Waals surface area contributed by atoms with Crippen molar-refractivity contribution in [3.8, 4) is 0 Å². The Balaban J connectivity index is 2.32. The van der Waals surface area contributed by atoms with E-state index in [0.717, 1.165) is 17.2 Å². The van der Waals surface area contributed by atoms with Crippen LogP contribution >= 0.6 is 11.3 Å². The molecule has 2 heterocycles. The molecule has 2 N–H and O–H groups in total. The Kier molecular flexibility index (Phi) is 5.05. The minimum Gasteiger partial charge on any atom is -0.478 e. The Labute approximate surface area is 132 Å². The number of carboxylic acids is 1. The van der Waals surface area contributed by atoms with Crippen LogP contribution in [0.25, 0.3) is 0 Å². The molecule has 0 radical (unpaired) electrons. The van der Waals surface area contributed by atoms with Gasteiger partial charge in [0.2, 0.25) is 5.09 Å². The van der Waals surface area contributed by atoms with Gasteiger partial charge in [0.15, 0.2) is 0 Å². The number of hydrogen-bond acceptors (Lipinski definition) is 5. The Hall–Kier alpha value is -1.64. The molecule has 0 aliphatic rings. The lowest BCUT2D eigenvalue weighted by molar-refractivity contribution is 0.0689. The first-order valence-electron chi connectivity index (χ1n) is 6.67. The summed E-state index contributed by atoms with van der Waals surface area (Å²) in [6.07, 6.45) is 1.66. The number of sulfonamides is 1. The molecule has 8 heteroatoms. The van der Waals surface area contributed by atoms with Crippen molar-refractivity contribution >= 4 is 27.3 Å². The minimum atomic E-state index is -4.05. The molecule has 2 aromatic heterocycles. The number of carbonyl (C=O) groups is 1. The Morgan fingerprint density at radius 3 is 2.68 bits per heavy atom. The number of aromatic carboxylic acids is 1. The molecule has 0 aliphatic heterocycles. The van der Waals surface area contributed by atoms with Gasteiger partial charge in [0.05, 0.1) is 12.3 Å². The van der Waals surface area contributed by atoms with E-state index in [1.54, 1.807) is 0 Å². The Bertz CT molecular complexity index is 731. The van der Waals surface area contributed by atoms with E-state index in [9.17, 15) is 13.2 Å². The molecule has 0 bridgehead atoms. The molecule has 6 nitrogen and oxygen atoms in total. The fourth-order valence-electron chi connectivity index (χ4n) is 2.09. The molecule has 0 fully saturated rings. The van der Waals surface area contributed by atoms with Gasteiger partial charge in [-0.1, -0.05) is 19.9 Å². The van der Waals surface area contributed by atoms with Crippen LogP contribution in [-0.4, -0.2) is 19.5 Å². The van der Waals surface area contributed by atoms with E-state index in [2.05, 4.69) is 4.72 Å². The SMILES string of the molecule is CC(C)CC(NS(=O)(=O)c1occc1C(=O)O)c1cccs1. The zero-order chi connectivity index (χ0) is 16.3. The zero-order valence-corrected chi connectivity index (χ0v) is 13.8. The molecule has 0 saturated carbocycles. The second-order valence-corrected chi connectivity index (χ2v) is 7.84. The number of hydrogen-bond donors (Lipinski definition) is 2. The molecule has 1 atom stereocenters. The highest BCUT2D eigenvalue weighted by atomic mass is 32.2. The summed E-state index contributed by atoms with van der Waals surface area (Å²) < 4.78 is 32.3. The average molecular weight is 343 g/mol. The zero-order valence-electron chi connectivity index (χ0n) is 12.1. The van der Waals surface area contributed by atoms with E-state index in [1.807, 2.05) is 31.4 Å². The van der Waals surface area contributed by atoms with Crippen molar-refractivity contribution in [1.29, 1.82) is 0 Å². The summed E-state index contributed by atoms with van der Waals surface area (Å²) in [5.41, 5.74) is -0.373. The maximum atomic E-state index is 12.4. The van der Waals surface area contributed by atoms with Gasteiger partial charge >= 0.3 is 5.97 Å². The van der Waals surface area contributed by atoms with E-state index in [1.165, 1.54) is 11.3 Å². The monoisotopic (exact) mass is 343 g/mol. The molecule has 120 valence electrons. The topological polar surface area (TPSA) is 96.6 Å². The van der Waals surface area contributed by atoms with Crippen molar-refractivity contribution in [3.63, 3.8) is 0 Å². The molecule has 22 heavy (non-hydrogen) atoms. The van der Waals surface area contributed by atoms with Crippen molar-refractivity contribution in [3.05, 3.63) is 40.3 Å². The van der Waals surface area contributed by atoms with Gasteiger partial charge in [0.1, 0.15) is 5.56 Å². The normalized spacial score (nSPS) is 13.4. The van der Waals surface area contributed by atoms with Gasteiger partial charge in [-0.2, -0.15) is 0 Å². The van der Waals surface area contributed by atoms with Gasteiger partial charge in [-0.3, -0.25) is 0 Å². The van der Waals surface area contributed by atoms with Crippen LogP contribution in [0.2, 0.25) is 0 Å². The highest BCUT2D eigenvalue weighted by Gasteiger charge is 2.29. The molecule has 0 aliphatic carbocycles. The van der Waals surface area contributed by atoms with Crippen LogP contribution in [0.5, 0.6) is 0 Å². The van der Waals surface area contributed by atoms with E-state index >= 15 is 0 Å². The predicted molar refractivity (Wildman–Crippen MR) is 82.5 cm³/mol. The summed E-state index contributed by atoms with van der Waals surface area (Å²) in [6, 6.07) is 4.40. The largest absolute Gasteiger partial charge is 0.478 e. The molecule has 2 aromatic rings. The first-order chi connectivity index (χ1) is 10.3. The third kappa shape index (κ3) is 3.76. The summed E-state index contributed by atoms with van der Waals surface area (Å²) in [5.74, 6) is -1.07. The number of rotatable bonds is 7. The van der Waals surface area contributed by atoms with Crippen LogP contribution < -0.4 is 4.72 Å². The molecular formula is C14H17NO5S2. The van der Waals surface area contributed by atoms with Crippen molar-refractivity contribution in [2.45, 2.75) is 31.4 Å². The van der Waals surface area contributed by atoms with Crippen LogP contribution in [0.1, 0.15) is 41.5 Å². The lowest BCUT2D eigenvalue weighted by Crippen LogP contribution is -2.29. The summed E-state index contributed by atoms with van der Waals surface area (Å²) in [6.45, 7) is 3.98. The number of nitrogens with one attached hydrogen (secondary N) is 1. The Morgan fingerprint density at radius 2 is 2.14 bits per heavy atom. The number of thiophene rings is 1. The minimum absolute atomic E-state index is 0.269. The van der Waals surface area contributed by atoms with Gasteiger partial charge in [-0.15, -0.1) is 11.3 Å². The lowest BCUT2D eigenvalue weighted by atomic mass is 10.0. The second kappa shape index (κ2) is 6.64. The van der Waals surface area contributed by atoms with Crippen LogP contribution in [0.4, 0.5) is 0 Å². The van der Waals surface area contributed by atoms with Crippen molar-refractivity contribution in [2.24, 2.45) is 5.92 Å². The van der Waals surface area contributed by atoms with Crippen molar-refractivity contribution < 1.29 is 22.7 Å². The van der Waals surface area contributed by atoms with Crippen molar-refractivity contribution in [2.75, 3.05) is 0 Å². The van der Waals surface area contributed by atoms with Gasteiger partial charge in [0.25, 0.3) is 10.0 Å². The van der Waals surface area contributed by atoms with Gasteiger partial charge < -0.3 is 9.52 Å². The fraction of sp³-hybridized carbons (Fsp3) is 0.357. The number of furan rings is 1. The first kappa shape index (κ1) is 16.7.